The van der Waals surface area contributed by atoms with Crippen molar-refractivity contribution in [3.63, 3.8) is 0 Å². The Hall–Kier alpha value is -2.57. The second-order valence-corrected chi connectivity index (χ2v) is 26.2. The monoisotopic (exact) mass is 1130 g/mol. The SMILES string of the molecule is CC(=O)OC[C@H]1O[C@@H](OC[C@H]2O[C@@H](OC(=O)[C@]34CC[C@@](C)(C(=O)O)C[C@H]3C3=CCC5[C@@]6(C)CC[C@H](O[C@@H]7OC[C@H](O)[C@H](O)[C@H]7O[C@@H]7O[C@@H](C)[C@H](O)[C@@H](O)[C@H]7O)C(C)(C)C6CC[C@@]5(C)[C@]3(C)CC4)[C@H](O)[C@@H](O)[C@@H]2O)[C@H](O)[C@@H](O)[C@@H]1O. The molecule has 9 aliphatic rings. The van der Waals surface area contributed by atoms with Crippen LogP contribution < -0.4 is 0 Å². The van der Waals surface area contributed by atoms with Crippen molar-refractivity contribution in [3.05, 3.63) is 11.6 Å². The van der Waals surface area contributed by atoms with Gasteiger partial charge in [0.15, 0.2) is 18.9 Å². The molecule has 4 saturated heterocycles. The lowest BCUT2D eigenvalue weighted by molar-refractivity contribution is -0.364. The van der Waals surface area contributed by atoms with E-state index in [0.717, 1.165) is 31.8 Å². The lowest BCUT2D eigenvalue weighted by Crippen LogP contribution is -2.66. The van der Waals surface area contributed by atoms with E-state index < -0.39 is 182 Å². The van der Waals surface area contributed by atoms with Crippen LogP contribution in [0.4, 0.5) is 0 Å². The van der Waals surface area contributed by atoms with Gasteiger partial charge in [-0.05, 0) is 117 Å². The number of aliphatic hydroxyl groups is 11. The molecule has 4 saturated carbocycles. The molecule has 450 valence electrons. The Bertz CT molecular complexity index is 2270. The van der Waals surface area contributed by atoms with Crippen molar-refractivity contribution in [2.24, 2.45) is 50.2 Å². The highest BCUT2D eigenvalue weighted by molar-refractivity contribution is 5.81. The summed E-state index contributed by atoms with van der Waals surface area (Å²) in [6, 6.07) is 0. The number of carboxylic acids is 1. The van der Waals surface area contributed by atoms with E-state index in [0.29, 0.717) is 25.7 Å². The number of aliphatic hydroxyl groups excluding tert-OH is 11. The van der Waals surface area contributed by atoms with Crippen LogP contribution in [0.2, 0.25) is 0 Å². The van der Waals surface area contributed by atoms with Crippen LogP contribution in [0.15, 0.2) is 11.6 Å². The zero-order chi connectivity index (χ0) is 57.9. The molecule has 0 aromatic carbocycles. The molecule has 0 spiro atoms. The van der Waals surface area contributed by atoms with E-state index in [-0.39, 0.29) is 48.5 Å². The van der Waals surface area contributed by atoms with Gasteiger partial charge in [0, 0.05) is 6.92 Å². The summed E-state index contributed by atoms with van der Waals surface area (Å²) in [5.74, 6) is -2.84. The minimum absolute atomic E-state index is 0.103. The third-order valence-electron chi connectivity index (χ3n) is 21.5. The van der Waals surface area contributed by atoms with E-state index in [9.17, 15) is 70.9 Å². The van der Waals surface area contributed by atoms with Crippen molar-refractivity contribution in [2.45, 2.75) is 242 Å². The summed E-state index contributed by atoms with van der Waals surface area (Å²) in [7, 11) is 0. The molecule has 12 N–H and O–H groups in total. The molecular weight excluding hydrogens is 1040 g/mol. The molecule has 4 aliphatic heterocycles. The smallest absolute Gasteiger partial charge is 0.315 e. The first-order valence-electron chi connectivity index (χ1n) is 28.1. The Kier molecular flexibility index (Phi) is 17.1. The Morgan fingerprint density at radius 1 is 0.633 bits per heavy atom. The zero-order valence-electron chi connectivity index (χ0n) is 46.3. The van der Waals surface area contributed by atoms with Gasteiger partial charge in [-0.15, -0.1) is 0 Å². The summed E-state index contributed by atoms with van der Waals surface area (Å²) in [6.45, 7) is 14.2. The summed E-state index contributed by atoms with van der Waals surface area (Å²) in [5.41, 5.74) is -3.11. The molecule has 8 fully saturated rings. The van der Waals surface area contributed by atoms with E-state index in [1.165, 1.54) is 6.92 Å². The highest BCUT2D eigenvalue weighted by Crippen LogP contribution is 2.76. The second kappa shape index (κ2) is 22.1. The number of carbonyl (C=O) groups excluding carboxylic acids is 2. The van der Waals surface area contributed by atoms with Gasteiger partial charge in [0.2, 0.25) is 6.29 Å². The average Bonchev–Trinajstić information content (AvgIpc) is 3.49. The average molecular weight is 1130 g/mol. The molecule has 0 radical (unpaired) electrons. The topological polar surface area (TPSA) is 377 Å². The second-order valence-electron chi connectivity index (χ2n) is 26.2. The van der Waals surface area contributed by atoms with Gasteiger partial charge in [-0.3, -0.25) is 14.4 Å². The van der Waals surface area contributed by atoms with E-state index >= 15 is 4.79 Å². The van der Waals surface area contributed by atoms with Crippen molar-refractivity contribution in [3.8, 4) is 0 Å². The zero-order valence-corrected chi connectivity index (χ0v) is 46.3. The van der Waals surface area contributed by atoms with Crippen molar-refractivity contribution < 1.29 is 118 Å². The molecule has 24 heteroatoms. The molecule has 4 heterocycles. The van der Waals surface area contributed by atoms with Gasteiger partial charge < -0.3 is 104 Å². The molecule has 9 rings (SSSR count). The Balaban J connectivity index is 0.931. The third-order valence-corrected chi connectivity index (χ3v) is 21.5. The number of aliphatic carboxylic acids is 1. The Labute approximate surface area is 459 Å². The van der Waals surface area contributed by atoms with Crippen molar-refractivity contribution in [1.29, 1.82) is 0 Å². The van der Waals surface area contributed by atoms with Crippen LogP contribution in [-0.4, -0.2) is 222 Å². The molecule has 28 atom stereocenters. The van der Waals surface area contributed by atoms with E-state index in [1.807, 2.05) is 0 Å². The van der Waals surface area contributed by atoms with Gasteiger partial charge in [-0.2, -0.15) is 0 Å². The van der Waals surface area contributed by atoms with E-state index in [4.69, 9.17) is 42.6 Å². The summed E-state index contributed by atoms with van der Waals surface area (Å²) in [4.78, 5) is 39.7. The predicted molar refractivity (Wildman–Crippen MR) is 267 cm³/mol. The standard InChI is InChI=1S/C55H86O24/c1-23-33(58)37(62)41(66)45(74-23)78-43-34(59)27(57)20-72-47(43)77-32-12-13-52(6)30(50(32,3)4)11-14-54(8)31(52)10-9-25-26-19-51(5,48(68)69)15-17-55(26,18-16-53(25,54)7)49(70)79-46-42(67)39(64)36(61)29(76-46)22-73-44-40(65)38(63)35(60)28(75-44)21-71-24(2)56/h9,23,26-47,57-67H,10-22H2,1-8H3,(H,68,69)/t23-,26-,27-,28+,29+,30?,31?,32-,33-,34-,35+,36+,37+,38-,39-,40+,41+,42+,43+,44+,45-,46-,47-,51+,52-,53+,54+,55-/m0/s1. The first kappa shape index (κ1) is 61.0. The van der Waals surface area contributed by atoms with E-state index in [1.54, 1.807) is 6.92 Å². The first-order valence-corrected chi connectivity index (χ1v) is 28.1. The summed E-state index contributed by atoms with van der Waals surface area (Å²) < 4.78 is 52.7. The number of hydrogen-bond acceptors (Lipinski definition) is 23. The van der Waals surface area contributed by atoms with Gasteiger partial charge >= 0.3 is 17.9 Å². The quantitative estimate of drug-likeness (QED) is 0.0651. The fraction of sp³-hybridized carbons (Fsp3) is 0.909. The fourth-order valence-corrected chi connectivity index (χ4v) is 16.3. The maximum atomic E-state index is 15.1. The van der Waals surface area contributed by atoms with Crippen LogP contribution in [0.1, 0.15) is 120 Å². The van der Waals surface area contributed by atoms with Crippen molar-refractivity contribution in [1.82, 2.24) is 0 Å². The van der Waals surface area contributed by atoms with Gasteiger partial charge in [-0.1, -0.05) is 46.3 Å². The summed E-state index contributed by atoms with van der Waals surface area (Å²) in [6.07, 6.45) is -23.1. The number of carbonyl (C=O) groups is 3. The number of hydrogen-bond donors (Lipinski definition) is 12. The van der Waals surface area contributed by atoms with Crippen LogP contribution in [0.25, 0.3) is 0 Å². The normalized spacial score (nSPS) is 52.5. The highest BCUT2D eigenvalue weighted by Gasteiger charge is 2.71. The number of carboxylic acid groups (broad SMARTS) is 1. The van der Waals surface area contributed by atoms with Crippen LogP contribution in [0, 0.1) is 50.2 Å². The van der Waals surface area contributed by atoms with Gasteiger partial charge in [0.25, 0.3) is 0 Å². The number of rotatable bonds is 12. The van der Waals surface area contributed by atoms with Crippen molar-refractivity contribution >= 4 is 17.9 Å². The fourth-order valence-electron chi connectivity index (χ4n) is 16.3. The predicted octanol–water partition coefficient (Wildman–Crippen LogP) is -0.733. The molecule has 0 amide bonds. The minimum atomic E-state index is -1.94. The number of esters is 2. The van der Waals surface area contributed by atoms with Crippen LogP contribution >= 0.6 is 0 Å². The summed E-state index contributed by atoms with van der Waals surface area (Å²) >= 11 is 0. The lowest BCUT2D eigenvalue weighted by atomic mass is 9.33. The van der Waals surface area contributed by atoms with Gasteiger partial charge in [-0.25, -0.2) is 0 Å². The Morgan fingerprint density at radius 3 is 1.90 bits per heavy atom. The largest absolute Gasteiger partial charge is 0.481 e. The molecule has 79 heavy (non-hydrogen) atoms. The molecule has 5 aliphatic carbocycles. The molecular formula is C55H86O24. The van der Waals surface area contributed by atoms with Gasteiger partial charge in [0.1, 0.15) is 92.1 Å². The van der Waals surface area contributed by atoms with Crippen LogP contribution in [-0.2, 0) is 57.0 Å². The molecule has 24 nitrogen and oxygen atoms in total. The van der Waals surface area contributed by atoms with Gasteiger partial charge in [0.05, 0.1) is 36.3 Å². The highest BCUT2D eigenvalue weighted by atomic mass is 16.8. The maximum absolute atomic E-state index is 15.1. The van der Waals surface area contributed by atoms with E-state index in [2.05, 4.69) is 40.7 Å². The first-order chi connectivity index (χ1) is 36.9. The molecule has 0 aromatic heterocycles. The lowest BCUT2D eigenvalue weighted by Gasteiger charge is -2.71. The molecule has 0 aromatic rings. The summed E-state index contributed by atoms with van der Waals surface area (Å²) in [5, 5.41) is 129. The maximum Gasteiger partial charge on any atom is 0.315 e. The number of ether oxygens (including phenoxy) is 9. The van der Waals surface area contributed by atoms with Crippen molar-refractivity contribution in [2.75, 3.05) is 19.8 Å². The molecule has 0 bridgehead atoms. The molecule has 2 unspecified atom stereocenters. The van der Waals surface area contributed by atoms with Crippen LogP contribution in [0.3, 0.4) is 0 Å². The minimum Gasteiger partial charge on any atom is -0.481 e. The number of allylic oxidation sites excluding steroid dienone is 2. The number of fused-ring (bicyclic) bond motifs is 7. The van der Waals surface area contributed by atoms with Crippen LogP contribution in [0.5, 0.6) is 0 Å². The Morgan fingerprint density at radius 2 is 1.24 bits per heavy atom. The third kappa shape index (κ3) is 10.2.